The van der Waals surface area contributed by atoms with E-state index in [0.29, 0.717) is 5.57 Å². The van der Waals surface area contributed by atoms with Gasteiger partial charge in [-0.15, -0.1) is 6.58 Å². The van der Waals surface area contributed by atoms with Crippen molar-refractivity contribution in [2.24, 2.45) is 17.2 Å². The highest BCUT2D eigenvalue weighted by Gasteiger charge is 2.33. The summed E-state index contributed by atoms with van der Waals surface area (Å²) in [7, 11) is 2.76. The summed E-state index contributed by atoms with van der Waals surface area (Å²) in [6.45, 7) is 6.97. The maximum atomic E-state index is 13.5. The van der Waals surface area contributed by atoms with Gasteiger partial charge in [0.1, 0.15) is 6.10 Å². The van der Waals surface area contributed by atoms with Crippen LogP contribution in [0.5, 0.6) is 0 Å². The van der Waals surface area contributed by atoms with Gasteiger partial charge in [-0.1, -0.05) is 30.4 Å². The van der Waals surface area contributed by atoms with Gasteiger partial charge in [-0.3, -0.25) is 14.4 Å². The first kappa shape index (κ1) is 34.3. The third-order valence-electron chi connectivity index (χ3n) is 6.82. The summed E-state index contributed by atoms with van der Waals surface area (Å²) in [4.78, 5) is 51.1. The van der Waals surface area contributed by atoms with Crippen molar-refractivity contribution < 1.29 is 38.5 Å². The van der Waals surface area contributed by atoms with Crippen LogP contribution in [0, 0.1) is 0 Å². The van der Waals surface area contributed by atoms with E-state index in [4.69, 9.17) is 31.4 Å². The Morgan fingerprint density at radius 1 is 1.21 bits per heavy atom. The van der Waals surface area contributed by atoms with E-state index >= 15 is 0 Å². The number of primary amides is 1. The van der Waals surface area contributed by atoms with E-state index in [9.17, 15) is 24.3 Å². The third kappa shape index (κ3) is 9.06. The second-order valence-corrected chi connectivity index (χ2v) is 9.97. The van der Waals surface area contributed by atoms with Crippen LogP contribution in [0.15, 0.2) is 71.1 Å². The topological polar surface area (TPSA) is 218 Å². The van der Waals surface area contributed by atoms with Crippen LogP contribution in [0.1, 0.15) is 26.7 Å². The number of amides is 2. The summed E-state index contributed by atoms with van der Waals surface area (Å²) in [6.07, 6.45) is 3.47. The zero-order valence-corrected chi connectivity index (χ0v) is 24.3. The zero-order chi connectivity index (χ0) is 31.6. The number of allylic oxidation sites excluding steroid dienone is 4. The minimum Gasteiger partial charge on any atom is -0.439 e. The number of methoxy groups -OCH3 is 2. The van der Waals surface area contributed by atoms with E-state index in [1.165, 1.54) is 51.5 Å². The molecule has 13 nitrogen and oxygen atoms in total. The maximum absolute atomic E-state index is 13.5. The third-order valence-corrected chi connectivity index (χ3v) is 6.82. The predicted octanol–water partition coefficient (Wildman–Crippen LogP) is -0.0800. The summed E-state index contributed by atoms with van der Waals surface area (Å²) < 4.78 is 16.3. The summed E-state index contributed by atoms with van der Waals surface area (Å²) in [5.41, 5.74) is 18.5. The van der Waals surface area contributed by atoms with E-state index in [0.717, 1.165) is 6.08 Å². The van der Waals surface area contributed by atoms with Crippen molar-refractivity contribution in [3.63, 3.8) is 0 Å². The van der Waals surface area contributed by atoms with Crippen LogP contribution in [-0.4, -0.2) is 85.9 Å². The average Bonchev–Trinajstić information content (AvgIpc) is 2.94. The molecule has 1 heterocycles. The predicted molar refractivity (Wildman–Crippen MR) is 155 cm³/mol. The number of nitrogens with two attached hydrogens (primary N) is 3. The fraction of sp³-hybridized carbons (Fsp3) is 0.448. The first-order valence-corrected chi connectivity index (χ1v) is 13.3. The molecular weight excluding hydrogens is 546 g/mol. The molecule has 0 unspecified atom stereocenters. The number of fused-ring (bicyclic) bond motifs is 2. The smallest absolute Gasteiger partial charge is 0.405 e. The van der Waals surface area contributed by atoms with Crippen molar-refractivity contribution in [2.75, 3.05) is 20.8 Å². The molecule has 2 bridgehead atoms. The molecule has 2 aliphatic rings. The molecule has 2 rings (SSSR count). The van der Waals surface area contributed by atoms with Crippen LogP contribution in [-0.2, 0) is 28.6 Å². The highest BCUT2D eigenvalue weighted by atomic mass is 16.6. The number of hydrogen-bond donors (Lipinski definition) is 6. The van der Waals surface area contributed by atoms with Gasteiger partial charge < -0.3 is 47.2 Å². The van der Waals surface area contributed by atoms with Crippen LogP contribution in [0.25, 0.3) is 0 Å². The Morgan fingerprint density at radius 3 is 2.50 bits per heavy atom. The Morgan fingerprint density at radius 2 is 1.90 bits per heavy atom. The minimum absolute atomic E-state index is 0.0466. The number of Topliss-reactive ketones (excluding diaryl/α,β-unsaturated/α-hetero) is 1. The molecule has 0 saturated carbocycles. The molecule has 0 radical (unpaired) electrons. The van der Waals surface area contributed by atoms with Crippen LogP contribution >= 0.6 is 0 Å². The average molecular weight is 588 g/mol. The summed E-state index contributed by atoms with van der Waals surface area (Å²) in [5.74, 6) is -1.72. The van der Waals surface area contributed by atoms with Crippen LogP contribution < -0.4 is 27.8 Å². The number of carbonyl (C=O) groups is 4. The second-order valence-electron chi connectivity index (χ2n) is 9.97. The lowest BCUT2D eigenvalue weighted by Gasteiger charge is -2.29. The number of aliphatic hydroxyl groups excluding tert-OH is 1. The summed E-state index contributed by atoms with van der Waals surface area (Å²) in [5, 5.41) is 16.4. The molecule has 0 aromatic rings. The lowest BCUT2D eigenvalue weighted by atomic mass is 9.89. The highest BCUT2D eigenvalue weighted by molar-refractivity contribution is 6.23. The van der Waals surface area contributed by atoms with Gasteiger partial charge in [0.05, 0.1) is 29.6 Å². The Hall–Kier alpha value is -3.88. The Labute approximate surface area is 245 Å². The minimum atomic E-state index is -1.26. The van der Waals surface area contributed by atoms with Crippen molar-refractivity contribution in [3.05, 3.63) is 71.1 Å². The fourth-order valence-electron chi connectivity index (χ4n) is 4.57. The van der Waals surface area contributed by atoms with Gasteiger partial charge in [0.2, 0.25) is 11.6 Å². The van der Waals surface area contributed by atoms with Crippen molar-refractivity contribution >= 4 is 23.6 Å². The van der Waals surface area contributed by atoms with E-state index < -0.39 is 60.1 Å². The molecule has 0 saturated heterocycles. The molecule has 0 aromatic carbocycles. The maximum Gasteiger partial charge on any atom is 0.405 e. The lowest BCUT2D eigenvalue weighted by Crippen LogP contribution is -2.46. The molecule has 0 spiro atoms. The second kappa shape index (κ2) is 15.9. The first-order chi connectivity index (χ1) is 19.8. The quantitative estimate of drug-likeness (QED) is 0.178. The summed E-state index contributed by atoms with van der Waals surface area (Å²) >= 11 is 0. The normalized spacial score (nSPS) is 31.6. The number of rotatable bonds is 6. The molecule has 0 aromatic heterocycles. The summed E-state index contributed by atoms with van der Waals surface area (Å²) in [6, 6.07) is -1.76. The fourth-order valence-corrected chi connectivity index (χ4v) is 4.57. The molecule has 1 aliphatic carbocycles. The number of carbonyl (C=O) groups excluding carboxylic acids is 4. The van der Waals surface area contributed by atoms with Crippen LogP contribution in [0.3, 0.4) is 0 Å². The standard InChI is InChI=1S/C29H41N5O8/c1-6-10-33-24-18-12-17(30)13-23(41-5)26(37)19(31)11-16(3)27(42-29(32)39)22(40-4)9-7-8-15(2)28(38)34-20(25(18)36)14-21(24)35/h6-9,11,14,17,19,22-23,26-27,33,37H,1,10,12-13,30-31H2,2-5H3,(H2,32,39)(H,34,38)/b9-7-,15-8+,16-11+/t17-,19+,22+,23+,26-,27+/m1/s1. The van der Waals surface area contributed by atoms with E-state index in [1.54, 1.807) is 6.92 Å². The zero-order valence-electron chi connectivity index (χ0n) is 24.3. The van der Waals surface area contributed by atoms with Gasteiger partial charge in [-0.25, -0.2) is 4.79 Å². The van der Waals surface area contributed by atoms with Gasteiger partial charge in [-0.2, -0.15) is 0 Å². The molecule has 6 atom stereocenters. The highest BCUT2D eigenvalue weighted by Crippen LogP contribution is 2.24. The molecule has 42 heavy (non-hydrogen) atoms. The van der Waals surface area contributed by atoms with Gasteiger partial charge in [0.25, 0.3) is 5.91 Å². The van der Waals surface area contributed by atoms with Gasteiger partial charge in [-0.05, 0) is 32.3 Å². The number of hydrogen-bond acceptors (Lipinski definition) is 11. The van der Waals surface area contributed by atoms with Gasteiger partial charge in [0, 0.05) is 44.0 Å². The van der Waals surface area contributed by atoms with Crippen LogP contribution in [0.2, 0.25) is 0 Å². The van der Waals surface area contributed by atoms with Crippen molar-refractivity contribution in [1.29, 1.82) is 0 Å². The van der Waals surface area contributed by atoms with Gasteiger partial charge in [0.15, 0.2) is 6.10 Å². The molecule has 0 fully saturated rings. The molecule has 9 N–H and O–H groups in total. The monoisotopic (exact) mass is 587 g/mol. The van der Waals surface area contributed by atoms with Crippen molar-refractivity contribution in [3.8, 4) is 0 Å². The van der Waals surface area contributed by atoms with Crippen molar-refractivity contribution in [2.45, 2.75) is 63.2 Å². The Kier molecular flexibility index (Phi) is 13.0. The van der Waals surface area contributed by atoms with Crippen molar-refractivity contribution in [1.82, 2.24) is 10.6 Å². The number of ether oxygens (including phenoxy) is 3. The number of aliphatic hydroxyl groups is 1. The van der Waals surface area contributed by atoms with E-state index in [-0.39, 0.29) is 41.9 Å². The SMILES string of the molecule is C=CCNC1=C2C[C@@H](N)C[C@H](OC)[C@H](O)[C@@H](N)/C=C(\C)[C@H](OC(N)=O)[C@@H](OC)/C=C\C=C(/C)C(=O)NC(=CC1=O)C2=O. The number of nitrogens with one attached hydrogen (secondary N) is 2. The Balaban J connectivity index is 2.62. The van der Waals surface area contributed by atoms with Gasteiger partial charge >= 0.3 is 6.09 Å². The Bertz CT molecular complexity index is 1220. The number of ketones is 2. The lowest BCUT2D eigenvalue weighted by molar-refractivity contribution is -0.120. The first-order valence-electron chi connectivity index (χ1n) is 13.3. The van der Waals surface area contributed by atoms with E-state index in [2.05, 4.69) is 17.2 Å². The molecule has 1 aliphatic heterocycles. The molecular formula is C29H41N5O8. The molecule has 230 valence electrons. The van der Waals surface area contributed by atoms with Crippen LogP contribution in [0.4, 0.5) is 4.79 Å². The van der Waals surface area contributed by atoms with E-state index in [1.807, 2.05) is 0 Å². The molecule has 13 heteroatoms. The molecule has 2 amide bonds. The largest absolute Gasteiger partial charge is 0.439 e.